The van der Waals surface area contributed by atoms with Gasteiger partial charge in [0.25, 0.3) is 0 Å². The zero-order valence-electron chi connectivity index (χ0n) is 12.2. The molecule has 0 radical (unpaired) electrons. The van der Waals surface area contributed by atoms with Gasteiger partial charge in [-0.3, -0.25) is 0 Å². The molecule has 1 aliphatic rings. The first-order valence-corrected chi connectivity index (χ1v) is 8.21. The molecule has 4 unspecified atom stereocenters. The van der Waals surface area contributed by atoms with Crippen LogP contribution in [0, 0.1) is 0 Å². The number of esters is 1. The van der Waals surface area contributed by atoms with Crippen molar-refractivity contribution in [3.05, 3.63) is 0 Å². The van der Waals surface area contributed by atoms with Gasteiger partial charge in [-0.2, -0.15) is 0 Å². The van der Waals surface area contributed by atoms with Gasteiger partial charge in [-0.1, -0.05) is 0 Å². The van der Waals surface area contributed by atoms with Crippen molar-refractivity contribution in [3.8, 4) is 0 Å². The quantitative estimate of drug-likeness (QED) is 0.141. The van der Waals surface area contributed by atoms with Crippen LogP contribution in [0.4, 0.5) is 0 Å². The Balaban J connectivity index is 0. The van der Waals surface area contributed by atoms with Crippen LogP contribution in [-0.4, -0.2) is 48.9 Å². The smallest absolute Gasteiger partial charge is 1.00 e. The first-order valence-electron chi connectivity index (χ1n) is 6.08. The second-order valence-electron chi connectivity index (χ2n) is 4.69. The van der Waals surface area contributed by atoms with Crippen LogP contribution >= 0.6 is 0 Å². The molecule has 1 heterocycles. The molecule has 1 saturated heterocycles. The number of nitrogens with one attached hydrogen (secondary N) is 2. The number of alkyl halides is 1. The molecule has 0 spiro atoms. The molecule has 2 N–H and O–H groups in total. The average Bonchev–Trinajstić information content (AvgIpc) is 2.33. The summed E-state index contributed by atoms with van der Waals surface area (Å²) in [4.78, 5) is 25.4. The Kier molecular flexibility index (Phi) is 12.5. The van der Waals surface area contributed by atoms with Gasteiger partial charge in [0.15, 0.2) is 0 Å². The van der Waals surface area contributed by atoms with E-state index in [4.69, 9.17) is 7.80 Å². The molecule has 0 aromatic heterocycles. The van der Waals surface area contributed by atoms with Crippen molar-refractivity contribution >= 4 is 11.9 Å². The summed E-state index contributed by atoms with van der Waals surface area (Å²) < 4.78 is 10.4. The van der Waals surface area contributed by atoms with Crippen molar-refractivity contribution in [2.75, 3.05) is 20.6 Å². The molecular weight excluding hydrogens is 605 g/mol. The van der Waals surface area contributed by atoms with Gasteiger partial charge in [0.2, 0.25) is 0 Å². The van der Waals surface area contributed by atoms with E-state index in [0.29, 0.717) is 0 Å². The van der Waals surface area contributed by atoms with E-state index in [1.54, 1.807) is 0 Å². The van der Waals surface area contributed by atoms with E-state index in [1.807, 2.05) is 34.9 Å². The maximum atomic E-state index is 11.9. The fraction of sp³-hybridized carbons (Fsp3) is 0.818. The molecule has 9 heteroatoms. The molecule has 0 aromatic rings. The van der Waals surface area contributed by atoms with Crippen molar-refractivity contribution in [2.45, 2.75) is 37.1 Å². The molecule has 0 bridgehead atoms. The molecular formula is C11H22I3N2O4-. The van der Waals surface area contributed by atoms with Crippen molar-refractivity contribution in [3.63, 3.8) is 0 Å². The Morgan fingerprint density at radius 3 is 2.50 bits per heavy atom. The van der Waals surface area contributed by atoms with Crippen molar-refractivity contribution < 1.29 is 96.8 Å². The number of carbonyl (C=O) groups is 2. The molecule has 6 nitrogen and oxygen atoms in total. The third-order valence-corrected chi connectivity index (χ3v) is 5.45. The Labute approximate surface area is 165 Å². The summed E-state index contributed by atoms with van der Waals surface area (Å²) in [5.74, 6) is -0.408. The number of quaternary nitrogens is 2. The summed E-state index contributed by atoms with van der Waals surface area (Å²) in [5, 5.41) is 0. The number of likely N-dealkylation sites (N-methyl/N-ethyl adjacent to an activating group) is 2. The van der Waals surface area contributed by atoms with Gasteiger partial charge >= 0.3 is 118 Å². The second kappa shape index (κ2) is 10.7. The second-order valence-corrected chi connectivity index (χ2v) is 6.77. The van der Waals surface area contributed by atoms with E-state index in [9.17, 15) is 9.59 Å². The Bertz CT molecular complexity index is 331. The minimum absolute atomic E-state index is 0. The largest absolute Gasteiger partial charge is 1.00 e. The maximum absolute atomic E-state index is 11.9. The molecule has 20 heavy (non-hydrogen) atoms. The molecule has 0 saturated carbocycles. The number of ether oxygens (including phenoxy) is 1. The van der Waals surface area contributed by atoms with Gasteiger partial charge in [0.1, 0.15) is 0 Å². The van der Waals surface area contributed by atoms with Gasteiger partial charge in [-0.15, -0.1) is 0 Å². The van der Waals surface area contributed by atoms with E-state index in [-0.39, 0.29) is 76.2 Å². The summed E-state index contributed by atoms with van der Waals surface area (Å²) in [6.07, 6.45) is 0. The predicted octanol–water partition coefficient (Wildman–Crippen LogP) is -11.8. The monoisotopic (exact) mass is 627 g/mol. The molecule has 0 aromatic carbocycles. The fourth-order valence-corrected chi connectivity index (χ4v) is 4.08. The van der Waals surface area contributed by atoms with Crippen LogP contribution in [0.15, 0.2) is 0 Å². The van der Waals surface area contributed by atoms with Gasteiger partial charge < -0.3 is 48.0 Å². The molecule has 0 amide bonds. The predicted molar refractivity (Wildman–Crippen MR) is 59.2 cm³/mol. The summed E-state index contributed by atoms with van der Waals surface area (Å²) in [6.45, 7) is 6.37. The van der Waals surface area contributed by atoms with Crippen LogP contribution in [0.25, 0.3) is 0 Å². The maximum Gasteiger partial charge on any atom is -1.00 e. The standard InChI is InChI=1S/C11H20IN2O4.2HI/c1-6-14-8(3)10(16)18-12-11(14)17-9(15)7(2)13(4)5;;/h7-8,11H,6H2,1-5H3;2*1H/q-1;;. The van der Waals surface area contributed by atoms with Crippen LogP contribution in [0.2, 0.25) is 0 Å². The molecule has 4 atom stereocenters. The van der Waals surface area contributed by atoms with Crippen molar-refractivity contribution in [2.24, 2.45) is 0 Å². The van der Waals surface area contributed by atoms with Gasteiger partial charge in [0.05, 0.1) is 0 Å². The number of halogens is 3. The normalized spacial score (nSPS) is 27.3. The van der Waals surface area contributed by atoms with Crippen LogP contribution in [0.3, 0.4) is 0 Å². The zero-order chi connectivity index (χ0) is 13.9. The van der Waals surface area contributed by atoms with Crippen molar-refractivity contribution in [1.82, 2.24) is 0 Å². The zero-order valence-corrected chi connectivity index (χ0v) is 18.7. The molecule has 122 valence electrons. The van der Waals surface area contributed by atoms with Crippen molar-refractivity contribution in [1.29, 1.82) is 0 Å². The summed E-state index contributed by atoms with van der Waals surface area (Å²) in [7, 11) is 3.82. The number of hydrogen-bond donors (Lipinski definition) is 2. The minimum Gasteiger partial charge on any atom is -1.00 e. The first-order chi connectivity index (χ1) is 8.38. The van der Waals surface area contributed by atoms with Gasteiger partial charge in [0, 0.05) is 0 Å². The molecule has 1 rings (SSSR count). The summed E-state index contributed by atoms with van der Waals surface area (Å²) in [6, 6.07) is -0.469. The van der Waals surface area contributed by atoms with Crippen LogP contribution < -0.4 is 79.4 Å². The van der Waals surface area contributed by atoms with Crippen LogP contribution in [-0.2, 0) is 17.4 Å². The van der Waals surface area contributed by atoms with E-state index >= 15 is 0 Å². The molecule has 1 aliphatic heterocycles. The Hall–Kier alpha value is 1.05. The minimum atomic E-state index is -0.883. The molecule has 1 fully saturated rings. The van der Waals surface area contributed by atoms with Crippen LogP contribution in [0.1, 0.15) is 20.8 Å². The Morgan fingerprint density at radius 2 is 2.05 bits per heavy atom. The fourth-order valence-electron chi connectivity index (χ4n) is 1.56. The summed E-state index contributed by atoms with van der Waals surface area (Å²) in [5.41, 5.74) is 0. The van der Waals surface area contributed by atoms with E-state index in [0.717, 1.165) is 16.3 Å². The third kappa shape index (κ3) is 6.04. The topological polar surface area (TPSA) is 61.5 Å². The van der Waals surface area contributed by atoms with Gasteiger partial charge in [-0.05, 0) is 0 Å². The third-order valence-electron chi connectivity index (χ3n) is 3.25. The molecule has 0 aliphatic carbocycles. The number of carbonyl (C=O) groups excluding carboxylic acids is 2. The number of rotatable bonds is 4. The van der Waals surface area contributed by atoms with E-state index < -0.39 is 21.6 Å². The van der Waals surface area contributed by atoms with E-state index in [1.165, 1.54) is 0 Å². The van der Waals surface area contributed by atoms with Gasteiger partial charge in [-0.25, -0.2) is 0 Å². The SMILES string of the molecule is CC[NH+]1C(OC(=O)C(C)[NH+](C)C)[I-]OC(=O)C1C.[I-].[I-]. The summed E-state index contributed by atoms with van der Waals surface area (Å²) >= 11 is -0.883. The Morgan fingerprint density at radius 1 is 1.50 bits per heavy atom. The van der Waals surface area contributed by atoms with E-state index in [2.05, 4.69) is 0 Å². The first kappa shape index (κ1) is 23.3. The average molecular weight is 627 g/mol. The van der Waals surface area contributed by atoms with Crippen LogP contribution in [0.5, 0.6) is 0 Å². The number of hydrogen-bond acceptors (Lipinski definition) is 4.